The summed E-state index contributed by atoms with van der Waals surface area (Å²) in [6.45, 7) is 6.38. The number of hydrogen-bond donors (Lipinski definition) is 2. The number of nitrogens with one attached hydrogen (secondary N) is 1. The van der Waals surface area contributed by atoms with Gasteiger partial charge in [-0.15, -0.1) is 0 Å². The molecule has 2 aromatic rings. The second-order valence-corrected chi connectivity index (χ2v) is 8.26. The Bertz CT molecular complexity index is 912. The molecule has 168 valence electrons. The van der Waals surface area contributed by atoms with Crippen LogP contribution < -0.4 is 16.0 Å². The van der Waals surface area contributed by atoms with Crippen molar-refractivity contribution in [1.82, 2.24) is 0 Å². The molecule has 0 radical (unpaired) electrons. The molecular formula is C22H27Br2N3O4. The SMILES string of the molecule is CC(=O)c1cc(Br)c(N)c(Br)c1.CCN(CCC(=O)OC)c1cccc(NC(C)=O)c1. The van der Waals surface area contributed by atoms with Gasteiger partial charge in [-0.3, -0.25) is 14.4 Å². The Labute approximate surface area is 199 Å². The zero-order chi connectivity index (χ0) is 23.6. The molecule has 0 saturated heterocycles. The predicted octanol–water partition coefficient (Wildman–Crippen LogP) is 5.03. The zero-order valence-corrected chi connectivity index (χ0v) is 21.2. The second-order valence-electron chi connectivity index (χ2n) is 6.55. The number of esters is 1. The van der Waals surface area contributed by atoms with E-state index in [0.29, 0.717) is 24.2 Å². The van der Waals surface area contributed by atoms with Crippen molar-refractivity contribution in [3.05, 3.63) is 50.9 Å². The molecule has 0 aromatic heterocycles. The Morgan fingerprint density at radius 1 is 1.10 bits per heavy atom. The molecule has 0 atom stereocenters. The average Bonchev–Trinajstić information content (AvgIpc) is 2.72. The first-order valence-corrected chi connectivity index (χ1v) is 11.1. The molecule has 0 aliphatic heterocycles. The number of benzene rings is 2. The zero-order valence-electron chi connectivity index (χ0n) is 18.0. The summed E-state index contributed by atoms with van der Waals surface area (Å²) in [6, 6.07) is 11.0. The van der Waals surface area contributed by atoms with E-state index in [1.54, 1.807) is 12.1 Å². The smallest absolute Gasteiger partial charge is 0.307 e. The van der Waals surface area contributed by atoms with Gasteiger partial charge in [0.15, 0.2) is 5.78 Å². The maximum Gasteiger partial charge on any atom is 0.307 e. The highest BCUT2D eigenvalue weighted by molar-refractivity contribution is 9.11. The molecule has 7 nitrogen and oxygen atoms in total. The van der Waals surface area contributed by atoms with E-state index in [1.165, 1.54) is 21.0 Å². The van der Waals surface area contributed by atoms with Crippen LogP contribution in [0.15, 0.2) is 45.3 Å². The molecule has 9 heteroatoms. The van der Waals surface area contributed by atoms with Gasteiger partial charge in [0, 0.05) is 45.9 Å². The van der Waals surface area contributed by atoms with Gasteiger partial charge in [0.1, 0.15) is 0 Å². The van der Waals surface area contributed by atoms with Crippen molar-refractivity contribution in [2.75, 3.05) is 36.1 Å². The van der Waals surface area contributed by atoms with Crippen LogP contribution in [0, 0.1) is 0 Å². The highest BCUT2D eigenvalue weighted by Crippen LogP contribution is 2.29. The summed E-state index contributed by atoms with van der Waals surface area (Å²) in [4.78, 5) is 35.2. The number of nitrogens with zero attached hydrogens (tertiary/aromatic N) is 1. The van der Waals surface area contributed by atoms with Crippen molar-refractivity contribution in [3.8, 4) is 0 Å². The predicted molar refractivity (Wildman–Crippen MR) is 132 cm³/mol. The molecule has 0 bridgehead atoms. The Balaban J connectivity index is 0.000000343. The summed E-state index contributed by atoms with van der Waals surface area (Å²) in [7, 11) is 1.38. The lowest BCUT2D eigenvalue weighted by atomic mass is 10.1. The van der Waals surface area contributed by atoms with Crippen molar-refractivity contribution in [1.29, 1.82) is 0 Å². The molecule has 0 unspecified atom stereocenters. The van der Waals surface area contributed by atoms with E-state index >= 15 is 0 Å². The van der Waals surface area contributed by atoms with Crippen molar-refractivity contribution >= 4 is 66.6 Å². The maximum absolute atomic E-state index is 11.2. The van der Waals surface area contributed by atoms with Gasteiger partial charge < -0.3 is 20.7 Å². The second kappa shape index (κ2) is 13.1. The van der Waals surface area contributed by atoms with E-state index in [9.17, 15) is 14.4 Å². The van der Waals surface area contributed by atoms with Crippen LogP contribution in [-0.4, -0.2) is 37.9 Å². The molecular weight excluding hydrogens is 530 g/mol. The minimum atomic E-state index is -0.225. The number of Topliss-reactive ketones (excluding diaryl/α,β-unsaturated/α-hetero) is 1. The fraction of sp³-hybridized carbons (Fsp3) is 0.318. The number of rotatable bonds is 7. The van der Waals surface area contributed by atoms with E-state index in [4.69, 9.17) is 5.73 Å². The summed E-state index contributed by atoms with van der Waals surface area (Å²) in [5, 5.41) is 2.74. The Kier molecular flexibility index (Phi) is 11.3. The number of halogens is 2. The van der Waals surface area contributed by atoms with E-state index < -0.39 is 0 Å². The van der Waals surface area contributed by atoms with E-state index in [-0.39, 0.29) is 17.7 Å². The van der Waals surface area contributed by atoms with E-state index in [0.717, 1.165) is 26.9 Å². The van der Waals surface area contributed by atoms with Gasteiger partial charge in [-0.2, -0.15) is 0 Å². The number of ketones is 1. The Morgan fingerprint density at radius 3 is 2.19 bits per heavy atom. The van der Waals surface area contributed by atoms with Crippen molar-refractivity contribution in [2.24, 2.45) is 0 Å². The lowest BCUT2D eigenvalue weighted by Gasteiger charge is -2.23. The fourth-order valence-corrected chi connectivity index (χ4v) is 3.76. The normalized spacial score (nSPS) is 9.87. The number of ether oxygens (including phenoxy) is 1. The molecule has 3 N–H and O–H groups in total. The van der Waals surface area contributed by atoms with Gasteiger partial charge >= 0.3 is 5.97 Å². The van der Waals surface area contributed by atoms with Crippen LogP contribution in [-0.2, 0) is 14.3 Å². The molecule has 0 aliphatic carbocycles. The van der Waals surface area contributed by atoms with Crippen molar-refractivity contribution in [3.63, 3.8) is 0 Å². The molecule has 31 heavy (non-hydrogen) atoms. The van der Waals surface area contributed by atoms with Gasteiger partial charge in [0.25, 0.3) is 0 Å². The lowest BCUT2D eigenvalue weighted by molar-refractivity contribution is -0.140. The minimum absolute atomic E-state index is 0.0244. The van der Waals surface area contributed by atoms with Crippen LogP contribution >= 0.6 is 31.9 Å². The standard InChI is InChI=1S/C14H20N2O3.C8H7Br2NO/c1-4-16(9-8-14(18)19-3)13-7-5-6-12(10-13)15-11(2)17;1-4(12)5-2-6(9)8(11)7(10)3-5/h5-7,10H,4,8-9H2,1-3H3,(H,15,17);2-3H,11H2,1H3. The van der Waals surface area contributed by atoms with Gasteiger partial charge in [-0.1, -0.05) is 6.07 Å². The molecule has 0 fully saturated rings. The van der Waals surface area contributed by atoms with Crippen LogP contribution in [0.1, 0.15) is 37.6 Å². The third-order valence-electron chi connectivity index (χ3n) is 4.21. The first-order valence-electron chi connectivity index (χ1n) is 9.53. The molecule has 2 aromatic carbocycles. The van der Waals surface area contributed by atoms with Crippen LogP contribution in [0.2, 0.25) is 0 Å². The van der Waals surface area contributed by atoms with Gasteiger partial charge in [0.2, 0.25) is 5.91 Å². The summed E-state index contributed by atoms with van der Waals surface area (Å²) in [5.74, 6) is -0.303. The van der Waals surface area contributed by atoms with Crippen LogP contribution in [0.4, 0.5) is 17.1 Å². The van der Waals surface area contributed by atoms with E-state index in [1.807, 2.05) is 31.2 Å². The van der Waals surface area contributed by atoms with E-state index in [2.05, 4.69) is 46.8 Å². The average molecular weight is 557 g/mol. The molecule has 0 aliphatic rings. The molecule has 2 rings (SSSR count). The number of methoxy groups -OCH3 is 1. The minimum Gasteiger partial charge on any atom is -0.469 e. The monoisotopic (exact) mass is 555 g/mol. The lowest BCUT2D eigenvalue weighted by Crippen LogP contribution is -2.26. The highest BCUT2D eigenvalue weighted by atomic mass is 79.9. The van der Waals surface area contributed by atoms with Crippen LogP contribution in [0.5, 0.6) is 0 Å². The number of carbonyl (C=O) groups is 3. The van der Waals surface area contributed by atoms with Crippen LogP contribution in [0.25, 0.3) is 0 Å². The fourth-order valence-electron chi connectivity index (χ4n) is 2.57. The van der Waals surface area contributed by atoms with Gasteiger partial charge in [0.05, 0.1) is 19.2 Å². The largest absolute Gasteiger partial charge is 0.469 e. The maximum atomic E-state index is 11.2. The first-order chi connectivity index (χ1) is 14.6. The highest BCUT2D eigenvalue weighted by Gasteiger charge is 2.09. The number of carbonyl (C=O) groups excluding carboxylic acids is 3. The number of amides is 1. The van der Waals surface area contributed by atoms with Crippen LogP contribution in [0.3, 0.4) is 0 Å². The molecule has 0 saturated carbocycles. The molecule has 0 heterocycles. The number of nitrogens with two attached hydrogens (primary N) is 1. The quantitative estimate of drug-likeness (QED) is 0.282. The number of nitrogen functional groups attached to an aromatic ring is 1. The summed E-state index contributed by atoms with van der Waals surface area (Å²) >= 11 is 6.52. The summed E-state index contributed by atoms with van der Waals surface area (Å²) < 4.78 is 6.11. The summed E-state index contributed by atoms with van der Waals surface area (Å²) in [6.07, 6.45) is 0.342. The van der Waals surface area contributed by atoms with Gasteiger partial charge in [-0.05, 0) is 76.0 Å². The Hall–Kier alpha value is -2.39. The first kappa shape index (κ1) is 26.6. The van der Waals surface area contributed by atoms with Crippen molar-refractivity contribution < 1.29 is 19.1 Å². The van der Waals surface area contributed by atoms with Crippen molar-refractivity contribution in [2.45, 2.75) is 27.2 Å². The number of hydrogen-bond acceptors (Lipinski definition) is 6. The van der Waals surface area contributed by atoms with Gasteiger partial charge in [-0.25, -0.2) is 0 Å². The third-order valence-corrected chi connectivity index (χ3v) is 5.52. The molecule has 1 amide bonds. The number of anilines is 3. The third kappa shape index (κ3) is 9.10. The molecule has 0 spiro atoms. The topological polar surface area (TPSA) is 102 Å². The summed E-state index contributed by atoms with van der Waals surface area (Å²) in [5.41, 5.74) is 8.62. The Morgan fingerprint density at radius 2 is 1.71 bits per heavy atom.